The number of carbonyl (C=O) groups is 1. The molecular formula is C13H16N4O3. The molecule has 7 heteroatoms. The van der Waals surface area contributed by atoms with Crippen LogP contribution in [0.3, 0.4) is 0 Å². The van der Waals surface area contributed by atoms with E-state index in [0.29, 0.717) is 0 Å². The fraction of sp³-hybridized carbons (Fsp3) is 0.385. The van der Waals surface area contributed by atoms with Crippen LogP contribution in [0.5, 0.6) is 0 Å². The van der Waals surface area contributed by atoms with Crippen LogP contribution in [0.4, 0.5) is 11.4 Å². The molecule has 3 N–H and O–H groups in total. The van der Waals surface area contributed by atoms with E-state index in [0.717, 1.165) is 18.9 Å². The molecular weight excluding hydrogens is 260 g/mol. The number of hydrogen-bond acceptors (Lipinski definition) is 5. The number of non-ortho nitro benzene ring substituents is 1. The molecule has 0 aliphatic rings. The Labute approximate surface area is 116 Å². The lowest BCUT2D eigenvalue weighted by Gasteiger charge is -2.11. The van der Waals surface area contributed by atoms with E-state index >= 15 is 0 Å². The molecule has 0 fully saturated rings. The van der Waals surface area contributed by atoms with Crippen LogP contribution in [-0.2, 0) is 4.79 Å². The summed E-state index contributed by atoms with van der Waals surface area (Å²) in [6, 6.07) is 5.30. The van der Waals surface area contributed by atoms with Gasteiger partial charge in [-0.1, -0.05) is 13.3 Å². The summed E-state index contributed by atoms with van der Waals surface area (Å²) < 4.78 is 0. The molecule has 0 spiro atoms. The molecule has 106 valence electrons. The fourth-order valence-corrected chi connectivity index (χ4v) is 1.76. The molecule has 0 aliphatic heterocycles. The van der Waals surface area contributed by atoms with E-state index in [4.69, 9.17) is 11.0 Å². The van der Waals surface area contributed by atoms with E-state index in [1.54, 1.807) is 0 Å². The number of nitrogens with one attached hydrogen (secondary N) is 1. The van der Waals surface area contributed by atoms with Gasteiger partial charge in [-0.15, -0.1) is 0 Å². The molecule has 0 radical (unpaired) electrons. The highest BCUT2D eigenvalue weighted by molar-refractivity contribution is 5.92. The zero-order chi connectivity index (χ0) is 15.1. The third kappa shape index (κ3) is 4.33. The van der Waals surface area contributed by atoms with Crippen LogP contribution in [0.2, 0.25) is 0 Å². The molecule has 1 aromatic rings. The standard InChI is InChI=1S/C13H16N4O3/c1-2-3-10(15)7-13(18)16-12-5-4-11(17(19)20)6-9(12)8-14/h4-6,10H,2-3,7,15H2,1H3,(H,16,18). The second-order valence-electron chi connectivity index (χ2n) is 4.40. The number of benzene rings is 1. The zero-order valence-corrected chi connectivity index (χ0v) is 11.1. The van der Waals surface area contributed by atoms with Crippen molar-refractivity contribution in [3.8, 4) is 6.07 Å². The van der Waals surface area contributed by atoms with Crippen LogP contribution in [0.25, 0.3) is 0 Å². The van der Waals surface area contributed by atoms with Crippen molar-refractivity contribution in [1.29, 1.82) is 5.26 Å². The molecule has 0 bridgehead atoms. The largest absolute Gasteiger partial charge is 0.327 e. The van der Waals surface area contributed by atoms with Gasteiger partial charge in [-0.2, -0.15) is 5.26 Å². The second-order valence-corrected chi connectivity index (χ2v) is 4.40. The van der Waals surface area contributed by atoms with E-state index in [-0.39, 0.29) is 35.3 Å². The molecule has 7 nitrogen and oxygen atoms in total. The van der Waals surface area contributed by atoms with E-state index < -0.39 is 4.92 Å². The van der Waals surface area contributed by atoms with Gasteiger partial charge in [0.15, 0.2) is 0 Å². The van der Waals surface area contributed by atoms with Crippen LogP contribution in [0.1, 0.15) is 31.7 Å². The number of hydrogen-bond donors (Lipinski definition) is 2. The molecule has 0 saturated heterocycles. The van der Waals surface area contributed by atoms with Crippen LogP contribution in [0, 0.1) is 21.4 Å². The van der Waals surface area contributed by atoms with Crippen molar-refractivity contribution in [2.24, 2.45) is 5.73 Å². The molecule has 1 aromatic carbocycles. The number of amides is 1. The predicted octanol–water partition coefficient (Wildman–Crippen LogP) is 1.92. The first-order valence-electron chi connectivity index (χ1n) is 6.22. The van der Waals surface area contributed by atoms with Crippen molar-refractivity contribution >= 4 is 17.3 Å². The summed E-state index contributed by atoms with van der Waals surface area (Å²) in [5, 5.41) is 22.1. The average molecular weight is 276 g/mol. The summed E-state index contributed by atoms with van der Waals surface area (Å²) in [5.74, 6) is -0.309. The van der Waals surface area contributed by atoms with Crippen LogP contribution in [-0.4, -0.2) is 16.9 Å². The van der Waals surface area contributed by atoms with Crippen molar-refractivity contribution in [2.45, 2.75) is 32.2 Å². The maximum Gasteiger partial charge on any atom is 0.270 e. The van der Waals surface area contributed by atoms with Crippen molar-refractivity contribution in [2.75, 3.05) is 5.32 Å². The van der Waals surface area contributed by atoms with Crippen LogP contribution < -0.4 is 11.1 Å². The summed E-state index contributed by atoms with van der Waals surface area (Å²) >= 11 is 0. The van der Waals surface area contributed by atoms with Gasteiger partial charge >= 0.3 is 0 Å². The second kappa shape index (κ2) is 7.21. The number of nitrogens with two attached hydrogens (primary N) is 1. The topological polar surface area (TPSA) is 122 Å². The Balaban J connectivity index is 2.80. The van der Waals surface area contributed by atoms with E-state index in [1.165, 1.54) is 12.1 Å². The highest BCUT2D eigenvalue weighted by atomic mass is 16.6. The van der Waals surface area contributed by atoms with E-state index in [2.05, 4.69) is 5.32 Å². The summed E-state index contributed by atoms with van der Waals surface area (Å²) in [4.78, 5) is 21.8. The monoisotopic (exact) mass is 276 g/mol. The van der Waals surface area contributed by atoms with Gasteiger partial charge in [-0.05, 0) is 12.5 Å². The van der Waals surface area contributed by atoms with Gasteiger partial charge in [0.2, 0.25) is 5.91 Å². The van der Waals surface area contributed by atoms with Crippen LogP contribution in [0.15, 0.2) is 18.2 Å². The van der Waals surface area contributed by atoms with Gasteiger partial charge in [-0.3, -0.25) is 14.9 Å². The van der Waals surface area contributed by atoms with Gasteiger partial charge in [0.1, 0.15) is 6.07 Å². The van der Waals surface area contributed by atoms with Gasteiger partial charge in [0.05, 0.1) is 16.2 Å². The molecule has 0 aliphatic carbocycles. The lowest BCUT2D eigenvalue weighted by atomic mass is 10.1. The molecule has 1 unspecified atom stereocenters. The van der Waals surface area contributed by atoms with Crippen molar-refractivity contribution in [3.63, 3.8) is 0 Å². The fourth-order valence-electron chi connectivity index (χ4n) is 1.76. The Morgan fingerprint density at radius 1 is 1.60 bits per heavy atom. The summed E-state index contributed by atoms with van der Waals surface area (Å²) in [6.45, 7) is 1.97. The number of nitriles is 1. The van der Waals surface area contributed by atoms with Crippen molar-refractivity contribution in [3.05, 3.63) is 33.9 Å². The zero-order valence-electron chi connectivity index (χ0n) is 11.1. The highest BCUT2D eigenvalue weighted by Crippen LogP contribution is 2.21. The lowest BCUT2D eigenvalue weighted by molar-refractivity contribution is -0.384. The maximum absolute atomic E-state index is 11.8. The minimum Gasteiger partial charge on any atom is -0.327 e. The van der Waals surface area contributed by atoms with Gasteiger partial charge in [0.25, 0.3) is 5.69 Å². The SMILES string of the molecule is CCCC(N)CC(=O)Nc1ccc([N+](=O)[O-])cc1C#N. The minimum atomic E-state index is -0.594. The number of nitro benzene ring substituents is 1. The first-order chi connectivity index (χ1) is 9.47. The van der Waals surface area contributed by atoms with Gasteiger partial charge in [-0.25, -0.2) is 0 Å². The quantitative estimate of drug-likeness (QED) is 0.607. The molecule has 1 rings (SSSR count). The smallest absolute Gasteiger partial charge is 0.270 e. The summed E-state index contributed by atoms with van der Waals surface area (Å²) in [7, 11) is 0. The van der Waals surface area contributed by atoms with E-state index in [1.807, 2.05) is 13.0 Å². The summed E-state index contributed by atoms with van der Waals surface area (Å²) in [6.07, 6.45) is 1.77. The molecule has 0 aromatic heterocycles. The Morgan fingerprint density at radius 3 is 2.85 bits per heavy atom. The predicted molar refractivity (Wildman–Crippen MR) is 73.9 cm³/mol. The average Bonchev–Trinajstić information content (AvgIpc) is 2.38. The molecule has 0 heterocycles. The van der Waals surface area contributed by atoms with E-state index in [9.17, 15) is 14.9 Å². The Kier molecular flexibility index (Phi) is 5.62. The number of carbonyl (C=O) groups excluding carboxylic acids is 1. The number of rotatable bonds is 6. The molecule has 1 atom stereocenters. The van der Waals surface area contributed by atoms with Crippen LogP contribution >= 0.6 is 0 Å². The minimum absolute atomic E-state index is 0.0524. The Hall–Kier alpha value is -2.46. The van der Waals surface area contributed by atoms with Gasteiger partial charge < -0.3 is 11.1 Å². The molecule has 1 amide bonds. The number of nitrogens with zero attached hydrogens (tertiary/aromatic N) is 2. The first-order valence-corrected chi connectivity index (χ1v) is 6.22. The Bertz CT molecular complexity index is 551. The van der Waals surface area contributed by atoms with Crippen molar-refractivity contribution < 1.29 is 9.72 Å². The summed E-state index contributed by atoms with van der Waals surface area (Å²) in [5.41, 5.74) is 5.87. The maximum atomic E-state index is 11.8. The third-order valence-electron chi connectivity index (χ3n) is 2.72. The lowest BCUT2D eigenvalue weighted by Crippen LogP contribution is -2.27. The Morgan fingerprint density at radius 2 is 2.30 bits per heavy atom. The molecule has 20 heavy (non-hydrogen) atoms. The number of anilines is 1. The number of nitro groups is 1. The third-order valence-corrected chi connectivity index (χ3v) is 2.72. The molecule has 0 saturated carbocycles. The first kappa shape index (κ1) is 15.6. The highest BCUT2D eigenvalue weighted by Gasteiger charge is 2.14. The normalized spacial score (nSPS) is 11.4. The van der Waals surface area contributed by atoms with Crippen molar-refractivity contribution in [1.82, 2.24) is 0 Å². The van der Waals surface area contributed by atoms with Gasteiger partial charge in [0, 0.05) is 24.6 Å².